The largest absolute Gasteiger partial charge is 0.373 e. The highest BCUT2D eigenvalue weighted by Gasteiger charge is 2.48. The van der Waals surface area contributed by atoms with Crippen molar-refractivity contribution in [3.8, 4) is 0 Å². The molecule has 1 atom stereocenters. The van der Waals surface area contributed by atoms with Crippen LogP contribution in [0.4, 0.5) is 0 Å². The third-order valence-corrected chi connectivity index (χ3v) is 7.47. The molecule has 0 aliphatic rings. The van der Waals surface area contributed by atoms with Crippen molar-refractivity contribution in [1.29, 1.82) is 0 Å². The number of rotatable bonds is 22. The van der Waals surface area contributed by atoms with Crippen LogP contribution < -0.4 is 0 Å². The molecule has 0 amide bonds. The van der Waals surface area contributed by atoms with E-state index < -0.39 is 12.9 Å². The molecule has 0 radical (unpaired) electrons. The molecule has 0 bridgehead atoms. The minimum Gasteiger partial charge on any atom is -0.373 e. The number of likely N-dealkylation sites (N-methyl/N-ethyl adjacent to an activating group) is 1. The van der Waals surface area contributed by atoms with E-state index >= 15 is 0 Å². The van der Waals surface area contributed by atoms with E-state index in [1.807, 2.05) is 21.1 Å². The molecule has 0 fully saturated rings. The predicted octanol–water partition coefficient (Wildman–Crippen LogP) is 7.32. The summed E-state index contributed by atoms with van der Waals surface area (Å²) in [6.45, 7) is 2.30. The van der Waals surface area contributed by atoms with Gasteiger partial charge in [-0.25, -0.2) is 0 Å². The molecule has 0 rings (SSSR count). The highest BCUT2D eigenvalue weighted by molar-refractivity contribution is 7.53. The van der Waals surface area contributed by atoms with Crippen molar-refractivity contribution in [3.63, 3.8) is 0 Å². The Kier molecular flexibility index (Phi) is 18.6. The van der Waals surface area contributed by atoms with Gasteiger partial charge in [0, 0.05) is 0 Å². The van der Waals surface area contributed by atoms with E-state index in [1.165, 1.54) is 77.0 Å². The predicted molar refractivity (Wildman–Crippen MR) is 142 cm³/mol. The van der Waals surface area contributed by atoms with E-state index in [1.54, 1.807) is 0 Å². The fraction of sp³-hybridized carbons (Fsp3) is 0.852. The molecule has 196 valence electrons. The summed E-state index contributed by atoms with van der Waals surface area (Å²) >= 11 is 0. The molecule has 0 aliphatic heterocycles. The van der Waals surface area contributed by atoms with E-state index in [4.69, 9.17) is 0 Å². The molecule has 0 aromatic heterocycles. The van der Waals surface area contributed by atoms with Gasteiger partial charge in [-0.3, -0.25) is 4.57 Å². The van der Waals surface area contributed by atoms with Crippen molar-refractivity contribution in [2.45, 2.75) is 121 Å². The lowest BCUT2D eigenvalue weighted by Gasteiger charge is -2.35. The van der Waals surface area contributed by atoms with Crippen molar-refractivity contribution in [2.24, 2.45) is 0 Å². The first kappa shape index (κ1) is 32.5. The zero-order chi connectivity index (χ0) is 25.1. The van der Waals surface area contributed by atoms with E-state index in [9.17, 15) is 19.5 Å². The Morgan fingerprint density at radius 1 is 0.667 bits per heavy atom. The van der Waals surface area contributed by atoms with Gasteiger partial charge in [0.05, 0.1) is 21.1 Å². The van der Waals surface area contributed by atoms with Crippen molar-refractivity contribution < 1.29 is 23.9 Å². The van der Waals surface area contributed by atoms with Gasteiger partial charge < -0.3 is 19.4 Å². The Hall–Kier alpha value is -0.450. The summed E-state index contributed by atoms with van der Waals surface area (Å²) in [7, 11) is 0.934. The number of unbranched alkanes of at least 4 members (excludes halogenated alkanes) is 13. The summed E-state index contributed by atoms with van der Waals surface area (Å²) in [4.78, 5) is 19.2. The summed E-state index contributed by atoms with van der Waals surface area (Å²) in [5, 5.41) is 8.60. The van der Waals surface area contributed by atoms with Crippen LogP contribution >= 0.6 is 7.60 Å². The van der Waals surface area contributed by atoms with Gasteiger partial charge >= 0.3 is 7.60 Å². The smallest absolute Gasteiger partial charge is 0.362 e. The molecular weight excluding hydrogens is 433 g/mol. The molecule has 0 spiro atoms. The van der Waals surface area contributed by atoms with E-state index in [-0.39, 0.29) is 13.0 Å². The van der Waals surface area contributed by atoms with Crippen LogP contribution in [0, 0.1) is 0 Å². The quantitative estimate of drug-likeness (QED) is 0.0645. The molecule has 33 heavy (non-hydrogen) atoms. The van der Waals surface area contributed by atoms with Crippen LogP contribution in [-0.4, -0.2) is 52.4 Å². The van der Waals surface area contributed by atoms with Crippen LogP contribution in [0.15, 0.2) is 24.3 Å². The molecule has 0 aromatic carbocycles. The zero-order valence-corrected chi connectivity index (χ0v) is 23.1. The van der Waals surface area contributed by atoms with Crippen LogP contribution in [0.1, 0.15) is 116 Å². The fourth-order valence-corrected chi connectivity index (χ4v) is 5.20. The van der Waals surface area contributed by atoms with Crippen LogP contribution in [0.5, 0.6) is 0 Å². The maximum Gasteiger partial charge on any atom is 0.362 e. The highest BCUT2D eigenvalue weighted by atomic mass is 31.2. The second-order valence-electron chi connectivity index (χ2n) is 10.7. The van der Waals surface area contributed by atoms with Crippen LogP contribution in [-0.2, 0) is 4.57 Å². The molecule has 0 heterocycles. The average molecular weight is 489 g/mol. The van der Waals surface area contributed by atoms with Crippen LogP contribution in [0.25, 0.3) is 0 Å². The lowest BCUT2D eigenvalue weighted by molar-refractivity contribution is -0.875. The first-order valence-corrected chi connectivity index (χ1v) is 15.0. The molecule has 6 heteroatoms. The van der Waals surface area contributed by atoms with E-state index in [0.29, 0.717) is 10.9 Å². The molecule has 1 unspecified atom stereocenters. The van der Waals surface area contributed by atoms with Gasteiger partial charge in [0.25, 0.3) is 0 Å². The van der Waals surface area contributed by atoms with Gasteiger partial charge in [0.2, 0.25) is 5.34 Å². The Labute approximate surface area is 205 Å². The number of quaternary nitrogens is 1. The Balaban J connectivity index is 3.65. The monoisotopic (exact) mass is 488 g/mol. The van der Waals surface area contributed by atoms with Crippen molar-refractivity contribution in [1.82, 2.24) is 0 Å². The van der Waals surface area contributed by atoms with Gasteiger partial charge in [-0.1, -0.05) is 76.2 Å². The molecule has 0 aromatic rings. The minimum absolute atomic E-state index is 0.0446. The molecule has 0 aliphatic carbocycles. The third kappa shape index (κ3) is 19.5. The van der Waals surface area contributed by atoms with Gasteiger partial charge in [-0.05, 0) is 64.2 Å². The Morgan fingerprint density at radius 2 is 1.03 bits per heavy atom. The summed E-state index contributed by atoms with van der Waals surface area (Å²) in [5.74, 6) is 0. The molecule has 5 nitrogen and oxygen atoms in total. The third-order valence-electron chi connectivity index (χ3n) is 6.02. The van der Waals surface area contributed by atoms with E-state index in [2.05, 4.69) is 31.2 Å². The fourth-order valence-electron chi connectivity index (χ4n) is 4.14. The number of allylic oxidation sites excluding steroid dienone is 4. The topological polar surface area (TPSA) is 77.8 Å². The number of hydrogen-bond donors (Lipinski definition) is 3. The first-order chi connectivity index (χ1) is 15.5. The molecular formula is C27H55NO4P+. The summed E-state index contributed by atoms with van der Waals surface area (Å²) in [6.07, 6.45) is 28.4. The zero-order valence-electron chi connectivity index (χ0n) is 22.2. The average Bonchev–Trinajstić information content (AvgIpc) is 2.70. The Bertz CT molecular complexity index is 565. The first-order valence-electron chi connectivity index (χ1n) is 13.4. The molecule has 3 N–H and O–H groups in total. The molecule has 0 saturated carbocycles. The number of nitrogens with zero attached hydrogens (tertiary/aromatic N) is 1. The lowest BCUT2D eigenvalue weighted by Crippen LogP contribution is -2.49. The minimum atomic E-state index is -4.56. The second-order valence-corrected chi connectivity index (χ2v) is 12.6. The highest BCUT2D eigenvalue weighted by Crippen LogP contribution is 2.52. The lowest BCUT2D eigenvalue weighted by atomic mass is 10.1. The summed E-state index contributed by atoms with van der Waals surface area (Å²) in [5.41, 5.74) is 0. The van der Waals surface area contributed by atoms with Crippen molar-refractivity contribution in [3.05, 3.63) is 24.3 Å². The summed E-state index contributed by atoms with van der Waals surface area (Å²) < 4.78 is 12.1. The second kappa shape index (κ2) is 18.8. The van der Waals surface area contributed by atoms with Crippen LogP contribution in [0.2, 0.25) is 0 Å². The maximum atomic E-state index is 11.8. The van der Waals surface area contributed by atoms with Gasteiger partial charge in [-0.15, -0.1) is 0 Å². The SMILES string of the molecule is CCCCCC/C=C\CCCCCCCC/C=C\CCCCC(O)(C[N+](C)(C)C)P(=O)(O)O. The van der Waals surface area contributed by atoms with Crippen molar-refractivity contribution in [2.75, 3.05) is 27.7 Å². The number of aliphatic hydroxyl groups is 1. The maximum absolute atomic E-state index is 11.8. The van der Waals surface area contributed by atoms with Crippen LogP contribution in [0.3, 0.4) is 0 Å². The van der Waals surface area contributed by atoms with Gasteiger partial charge in [0.15, 0.2) is 0 Å². The van der Waals surface area contributed by atoms with Crippen molar-refractivity contribution >= 4 is 7.60 Å². The van der Waals surface area contributed by atoms with Gasteiger partial charge in [0.1, 0.15) is 6.54 Å². The van der Waals surface area contributed by atoms with Gasteiger partial charge in [-0.2, -0.15) is 0 Å². The number of hydrogen-bond acceptors (Lipinski definition) is 2. The standard InChI is InChI=1S/C27H54NO4P/c1-5-6-7-8-9-10-11-12-13-14-15-16-17-18-19-20-21-22-23-24-25-27(29,33(30,31)32)26-28(2,3)4/h10-11,20-21,29H,5-9,12-19,22-26H2,1-4H3,(H-,30,31,32)/p+1/b11-10-,21-20-. The summed E-state index contributed by atoms with van der Waals surface area (Å²) in [6, 6.07) is 0. The van der Waals surface area contributed by atoms with E-state index in [0.717, 1.165) is 19.3 Å². The normalized spacial score (nSPS) is 15.0. The Morgan fingerprint density at radius 3 is 1.39 bits per heavy atom. The molecule has 0 saturated heterocycles.